The van der Waals surface area contributed by atoms with E-state index in [1.807, 2.05) is 0 Å². The van der Waals surface area contributed by atoms with Crippen molar-refractivity contribution in [3.63, 3.8) is 0 Å². The Morgan fingerprint density at radius 3 is 0.258 bits per heavy atom. The first-order valence-electron chi connectivity index (χ1n) is 44.0. The number of hydrogen-bond donors (Lipinski definition) is 33. The van der Waals surface area contributed by atoms with Gasteiger partial charge in [-0.15, -0.1) is 0 Å². The van der Waals surface area contributed by atoms with Crippen LogP contribution in [0.3, 0.4) is 0 Å². The van der Waals surface area contributed by atoms with Crippen molar-refractivity contribution in [2.45, 2.75) is 390 Å². The Kier molecular flexibility index (Phi) is 173. The average molecular weight is 1770 g/mol. The molecule has 0 aliphatic heterocycles. The molecule has 0 radical (unpaired) electrons. The van der Waals surface area contributed by atoms with Crippen molar-refractivity contribution in [2.24, 2.45) is 0 Å². The second-order valence-electron chi connectivity index (χ2n) is 28.5. The molecule has 0 aliphatic rings. The van der Waals surface area contributed by atoms with Gasteiger partial charge in [-0.05, 0) is 19.3 Å². The SMILES string of the molecule is CCCCCCCCCCCCCCCCCC(=O)O.CCCCCCCCCCCCCCCCCC(=O)O.CCCCCCCCCCCCCCCCCC(=O)O.OCC(O)CO.OCC(O)CO.OCC(O)CO.OCC(O)CO.OCC(O)CO.OCC(O)CO.OCC(O)CO.OCC(O)CO.OCC(O)CO.OCC(O)CO. The summed E-state index contributed by atoms with van der Waals surface area (Å²) in [6.07, 6.45) is 51.1. The van der Waals surface area contributed by atoms with Crippen LogP contribution < -0.4 is 0 Å². The van der Waals surface area contributed by atoms with Gasteiger partial charge >= 0.3 is 17.9 Å². The van der Waals surface area contributed by atoms with Crippen molar-refractivity contribution in [3.05, 3.63) is 0 Å². The van der Waals surface area contributed by atoms with Crippen LogP contribution >= 0.6 is 0 Å². The molecule has 0 unspecified atom stereocenters. The van der Waals surface area contributed by atoms with Crippen molar-refractivity contribution in [3.8, 4) is 0 Å². The number of aliphatic hydroxyl groups is 30. The Morgan fingerprint density at radius 2 is 0.208 bits per heavy atom. The van der Waals surface area contributed by atoms with Crippen molar-refractivity contribution in [1.82, 2.24) is 0 Å². The second kappa shape index (κ2) is 142. The Hall–Kier alpha value is -2.79. The van der Waals surface area contributed by atoms with Crippen molar-refractivity contribution >= 4 is 17.9 Å². The van der Waals surface area contributed by atoms with Gasteiger partial charge in [-0.1, -0.05) is 290 Å². The zero-order valence-electron chi connectivity index (χ0n) is 74.3. The van der Waals surface area contributed by atoms with Crippen molar-refractivity contribution in [2.75, 3.05) is 132 Å². The molecule has 36 nitrogen and oxygen atoms in total. The number of hydrogen-bond acceptors (Lipinski definition) is 33. The molecule has 0 amide bonds. The Labute approximate surface area is 720 Å². The van der Waals surface area contributed by atoms with Crippen molar-refractivity contribution in [1.29, 1.82) is 0 Å². The van der Waals surface area contributed by atoms with Gasteiger partial charge < -0.3 is 169 Å². The summed E-state index contributed by atoms with van der Waals surface area (Å²) >= 11 is 0. The van der Waals surface area contributed by atoms with Crippen LogP contribution in [0.4, 0.5) is 0 Å². The predicted octanol–water partition coefficient (Wildman–Crippen LogP) is 2.32. The minimum Gasteiger partial charge on any atom is -0.481 e. The number of unbranched alkanes of at least 4 members (excludes halogenated alkanes) is 42. The van der Waals surface area contributed by atoms with Gasteiger partial charge in [0.15, 0.2) is 0 Å². The summed E-state index contributed by atoms with van der Waals surface area (Å²) in [6, 6.07) is 0. The molecule has 120 heavy (non-hydrogen) atoms. The summed E-state index contributed by atoms with van der Waals surface area (Å²) in [5, 5.41) is 266. The fraction of sp³-hybridized carbons (Fsp3) is 0.964. The highest BCUT2D eigenvalue weighted by atomic mass is 16.4. The number of carboxylic acid groups (broad SMARTS) is 3. The fourth-order valence-electron chi connectivity index (χ4n) is 8.52. The van der Waals surface area contributed by atoms with Gasteiger partial charge in [-0.2, -0.15) is 0 Å². The van der Waals surface area contributed by atoms with E-state index in [9.17, 15) is 14.4 Å². The first-order valence-corrected chi connectivity index (χ1v) is 44.0. The van der Waals surface area contributed by atoms with E-state index in [1.165, 1.54) is 250 Å². The van der Waals surface area contributed by atoms with Crippen LogP contribution in [-0.4, -0.2) is 380 Å². The number of rotatable bonds is 68. The highest BCUT2D eigenvalue weighted by Crippen LogP contribution is 2.17. The highest BCUT2D eigenvalue weighted by molar-refractivity contribution is 5.67. The van der Waals surface area contributed by atoms with Gasteiger partial charge in [-0.25, -0.2) is 0 Å². The first kappa shape index (κ1) is 146. The molecular formula is C84H188O36. The molecule has 0 bridgehead atoms. The fourth-order valence-corrected chi connectivity index (χ4v) is 8.52. The van der Waals surface area contributed by atoms with Gasteiger partial charge in [0.05, 0.1) is 132 Å². The zero-order chi connectivity index (χ0) is 94.6. The van der Waals surface area contributed by atoms with Gasteiger partial charge in [-0.3, -0.25) is 14.4 Å². The number of aliphatic carboxylic acids is 3. The van der Waals surface area contributed by atoms with Crippen LogP contribution in [0.1, 0.15) is 329 Å². The zero-order valence-corrected chi connectivity index (χ0v) is 74.3. The van der Waals surface area contributed by atoms with E-state index in [0.29, 0.717) is 19.3 Å². The lowest BCUT2D eigenvalue weighted by molar-refractivity contribution is -0.138. The van der Waals surface area contributed by atoms with Crippen molar-refractivity contribution < 1.29 is 183 Å². The summed E-state index contributed by atoms with van der Waals surface area (Å²) in [5.41, 5.74) is 0. The standard InChI is InChI=1S/3C18H36O2.10C3H8O3/c3*1-2-3-4-5-6-7-8-9-10-11-12-13-14-15-16-17-18(19)20;10*4-1-3(6)2-5/h3*2-17H2,1H3,(H,19,20);10*3-6H,1-2H2. The molecule has 0 atom stereocenters. The largest absolute Gasteiger partial charge is 0.481 e. The van der Waals surface area contributed by atoms with E-state index < -0.39 is 78.9 Å². The lowest BCUT2D eigenvalue weighted by atomic mass is 10.0. The van der Waals surface area contributed by atoms with Gasteiger partial charge in [0.1, 0.15) is 61.0 Å². The molecule has 0 aromatic rings. The molecule has 33 N–H and O–H groups in total. The van der Waals surface area contributed by atoms with Crippen LogP contribution in [0.5, 0.6) is 0 Å². The maximum atomic E-state index is 10.3. The van der Waals surface area contributed by atoms with Gasteiger partial charge in [0.2, 0.25) is 0 Å². The van der Waals surface area contributed by atoms with E-state index in [-0.39, 0.29) is 132 Å². The highest BCUT2D eigenvalue weighted by Gasteiger charge is 2.04. The monoisotopic (exact) mass is 1770 g/mol. The minimum absolute atomic E-state index is 0.345. The molecule has 0 saturated carbocycles. The van der Waals surface area contributed by atoms with Gasteiger partial charge in [0, 0.05) is 19.3 Å². The smallest absolute Gasteiger partial charge is 0.303 e. The van der Waals surface area contributed by atoms with Crippen LogP contribution in [0.2, 0.25) is 0 Å². The second-order valence-corrected chi connectivity index (χ2v) is 28.5. The lowest BCUT2D eigenvalue weighted by Crippen LogP contribution is -2.15. The maximum absolute atomic E-state index is 10.3. The van der Waals surface area contributed by atoms with Crippen LogP contribution in [-0.2, 0) is 14.4 Å². The first-order chi connectivity index (χ1) is 57.4. The van der Waals surface area contributed by atoms with Gasteiger partial charge in [0.25, 0.3) is 0 Å². The molecule has 0 fully saturated rings. The summed E-state index contributed by atoms with van der Waals surface area (Å²) in [4.78, 5) is 31.0. The molecule has 0 aromatic heterocycles. The maximum Gasteiger partial charge on any atom is 0.303 e. The molecule has 0 heterocycles. The van der Waals surface area contributed by atoms with E-state index in [1.54, 1.807) is 0 Å². The van der Waals surface area contributed by atoms with E-state index in [4.69, 9.17) is 169 Å². The summed E-state index contributed by atoms with van der Waals surface area (Å²) in [7, 11) is 0. The third-order valence-electron chi connectivity index (χ3n) is 16.2. The van der Waals surface area contributed by atoms with E-state index in [2.05, 4.69) is 20.8 Å². The molecule has 0 aromatic carbocycles. The lowest BCUT2D eigenvalue weighted by Gasteiger charge is -2.03. The normalized spacial score (nSPS) is 10.4. The molecule has 0 rings (SSSR count). The Balaban J connectivity index is -0.0000000981. The summed E-state index contributed by atoms with van der Waals surface area (Å²) in [6.45, 7) is -0.482. The third kappa shape index (κ3) is 193. The topological polar surface area (TPSA) is 719 Å². The van der Waals surface area contributed by atoms with Crippen LogP contribution in [0.25, 0.3) is 0 Å². The number of aliphatic hydroxyl groups excluding tert-OH is 30. The Morgan fingerprint density at radius 1 is 0.142 bits per heavy atom. The molecule has 36 heteroatoms. The van der Waals surface area contributed by atoms with Crippen LogP contribution in [0.15, 0.2) is 0 Å². The minimum atomic E-state index is -0.954. The number of carbonyl (C=O) groups is 3. The molecule has 740 valence electrons. The predicted molar refractivity (Wildman–Crippen MR) is 463 cm³/mol. The third-order valence-corrected chi connectivity index (χ3v) is 16.2. The molecule has 0 saturated heterocycles. The average Bonchev–Trinajstić information content (AvgIpc) is 1.12. The molecular weight excluding hydrogens is 1580 g/mol. The van der Waals surface area contributed by atoms with E-state index in [0.717, 1.165) is 38.5 Å². The molecule has 0 spiro atoms. The van der Waals surface area contributed by atoms with E-state index >= 15 is 0 Å². The Bertz CT molecular complexity index is 1370. The number of carboxylic acids is 3. The quantitative estimate of drug-likeness (QED) is 0.0389. The van der Waals surface area contributed by atoms with Crippen LogP contribution in [0, 0.1) is 0 Å². The summed E-state index contributed by atoms with van der Waals surface area (Å²) in [5.74, 6) is -1.96. The molecule has 0 aliphatic carbocycles. The summed E-state index contributed by atoms with van der Waals surface area (Å²) < 4.78 is 0.